The summed E-state index contributed by atoms with van der Waals surface area (Å²) in [6.07, 6.45) is 0. The molecule has 1 rings (SSSR count). The molecular formula is C8H15N3O2. The lowest BCUT2D eigenvalue weighted by Crippen LogP contribution is -2.25. The molecule has 0 saturated carbocycles. The van der Waals surface area contributed by atoms with Gasteiger partial charge >= 0.3 is 6.01 Å². The summed E-state index contributed by atoms with van der Waals surface area (Å²) in [5.74, 6) is 0.652. The summed E-state index contributed by atoms with van der Waals surface area (Å²) in [5.41, 5.74) is -0.215. The van der Waals surface area contributed by atoms with E-state index in [2.05, 4.69) is 15.5 Å². The molecule has 5 nitrogen and oxygen atoms in total. The lowest BCUT2D eigenvalue weighted by Gasteiger charge is -2.18. The zero-order chi connectivity index (χ0) is 9.90. The first-order valence-electron chi connectivity index (χ1n) is 4.11. The molecule has 1 heterocycles. The first kappa shape index (κ1) is 9.98. The van der Waals surface area contributed by atoms with Crippen LogP contribution in [0.4, 0.5) is 6.01 Å². The molecule has 0 aliphatic rings. The molecule has 13 heavy (non-hydrogen) atoms. The highest BCUT2D eigenvalue weighted by atomic mass is 16.5. The van der Waals surface area contributed by atoms with Crippen molar-refractivity contribution in [3.8, 4) is 0 Å². The maximum absolute atomic E-state index is 5.06. The Morgan fingerprint density at radius 3 is 2.69 bits per heavy atom. The molecule has 0 amide bonds. The van der Waals surface area contributed by atoms with Crippen LogP contribution in [-0.2, 0) is 10.2 Å². The average molecular weight is 185 g/mol. The summed E-state index contributed by atoms with van der Waals surface area (Å²) in [5, 5.41) is 6.63. The minimum absolute atomic E-state index is 0.215. The molecule has 74 valence electrons. The molecule has 0 fully saturated rings. The fourth-order valence-corrected chi connectivity index (χ4v) is 1.03. The van der Waals surface area contributed by atoms with Gasteiger partial charge in [-0.1, -0.05) is 19.0 Å². The Kier molecular flexibility index (Phi) is 2.87. The van der Waals surface area contributed by atoms with Crippen LogP contribution >= 0.6 is 0 Å². The van der Waals surface area contributed by atoms with Gasteiger partial charge in [-0.2, -0.15) is 4.98 Å². The molecule has 0 unspecified atom stereocenters. The second-order valence-corrected chi connectivity index (χ2v) is 3.49. The van der Waals surface area contributed by atoms with E-state index in [4.69, 9.17) is 9.26 Å². The van der Waals surface area contributed by atoms with Crippen LogP contribution in [-0.4, -0.2) is 30.9 Å². The number of ether oxygens (including phenoxy) is 1. The van der Waals surface area contributed by atoms with Crippen LogP contribution in [0.15, 0.2) is 4.52 Å². The summed E-state index contributed by atoms with van der Waals surface area (Å²) in [4.78, 5) is 4.15. The van der Waals surface area contributed by atoms with E-state index in [-0.39, 0.29) is 5.41 Å². The molecule has 0 radical (unpaired) electrons. The molecule has 0 atom stereocenters. The van der Waals surface area contributed by atoms with Gasteiger partial charge in [0, 0.05) is 14.2 Å². The van der Waals surface area contributed by atoms with Crippen molar-refractivity contribution in [2.75, 3.05) is 26.1 Å². The van der Waals surface area contributed by atoms with Crippen LogP contribution in [0.5, 0.6) is 0 Å². The minimum Gasteiger partial charge on any atom is -0.384 e. The number of rotatable bonds is 4. The number of hydrogen-bond donors (Lipinski definition) is 1. The number of methoxy groups -OCH3 is 1. The maximum atomic E-state index is 5.06. The van der Waals surface area contributed by atoms with Crippen molar-refractivity contribution >= 4 is 6.01 Å². The quantitative estimate of drug-likeness (QED) is 0.759. The van der Waals surface area contributed by atoms with Crippen LogP contribution in [0.2, 0.25) is 0 Å². The van der Waals surface area contributed by atoms with Gasteiger partial charge < -0.3 is 14.6 Å². The van der Waals surface area contributed by atoms with Crippen LogP contribution in [0.25, 0.3) is 0 Å². The smallest absolute Gasteiger partial charge is 0.321 e. The molecule has 1 aromatic heterocycles. The summed E-state index contributed by atoms with van der Waals surface area (Å²) in [6, 6.07) is 0.430. The highest BCUT2D eigenvalue weighted by molar-refractivity contribution is 5.18. The van der Waals surface area contributed by atoms with E-state index in [1.165, 1.54) is 0 Å². The summed E-state index contributed by atoms with van der Waals surface area (Å²) < 4.78 is 9.98. The Labute approximate surface area is 77.5 Å². The molecule has 0 spiro atoms. The number of nitrogens with zero attached hydrogens (tertiary/aromatic N) is 2. The molecule has 0 aromatic carbocycles. The summed E-state index contributed by atoms with van der Waals surface area (Å²) in [7, 11) is 3.39. The van der Waals surface area contributed by atoms with Crippen molar-refractivity contribution < 1.29 is 9.26 Å². The fraction of sp³-hybridized carbons (Fsp3) is 0.750. The third kappa shape index (κ3) is 2.18. The Hall–Kier alpha value is -1.10. The third-order valence-corrected chi connectivity index (χ3v) is 1.75. The lowest BCUT2D eigenvalue weighted by atomic mass is 9.94. The van der Waals surface area contributed by atoms with Gasteiger partial charge in [-0.3, -0.25) is 0 Å². The van der Waals surface area contributed by atoms with Gasteiger partial charge in [0.25, 0.3) is 0 Å². The second-order valence-electron chi connectivity index (χ2n) is 3.49. The second kappa shape index (κ2) is 3.74. The van der Waals surface area contributed by atoms with Crippen molar-refractivity contribution in [3.63, 3.8) is 0 Å². The fourth-order valence-electron chi connectivity index (χ4n) is 1.03. The maximum Gasteiger partial charge on any atom is 0.321 e. The zero-order valence-electron chi connectivity index (χ0n) is 8.42. The van der Waals surface area contributed by atoms with Crippen molar-refractivity contribution in [3.05, 3.63) is 5.82 Å². The molecule has 0 saturated heterocycles. The molecule has 1 N–H and O–H groups in total. The van der Waals surface area contributed by atoms with Crippen molar-refractivity contribution in [1.82, 2.24) is 10.1 Å². The van der Waals surface area contributed by atoms with Gasteiger partial charge in [-0.15, -0.1) is 0 Å². The zero-order valence-corrected chi connectivity index (χ0v) is 8.42. The van der Waals surface area contributed by atoms with E-state index >= 15 is 0 Å². The molecule has 0 bridgehead atoms. The number of hydrogen-bond acceptors (Lipinski definition) is 5. The van der Waals surface area contributed by atoms with Crippen LogP contribution < -0.4 is 5.32 Å². The van der Waals surface area contributed by atoms with E-state index in [1.54, 1.807) is 14.2 Å². The Bertz CT molecular complexity index is 270. The lowest BCUT2D eigenvalue weighted by molar-refractivity contribution is 0.141. The van der Waals surface area contributed by atoms with E-state index in [1.807, 2.05) is 13.8 Å². The molecule has 1 aromatic rings. The number of anilines is 1. The van der Waals surface area contributed by atoms with Gasteiger partial charge in [0.15, 0.2) is 5.82 Å². The van der Waals surface area contributed by atoms with Gasteiger partial charge in [0.1, 0.15) is 0 Å². The van der Waals surface area contributed by atoms with E-state index < -0.39 is 0 Å². The predicted molar refractivity (Wildman–Crippen MR) is 48.7 cm³/mol. The SMILES string of the molecule is CNc1nc(C(C)(C)COC)no1. The van der Waals surface area contributed by atoms with Crippen LogP contribution in [0, 0.1) is 0 Å². The normalized spacial score (nSPS) is 11.7. The average Bonchev–Trinajstić information content (AvgIpc) is 2.52. The van der Waals surface area contributed by atoms with Gasteiger partial charge in [-0.05, 0) is 0 Å². The topological polar surface area (TPSA) is 60.2 Å². The molecule has 5 heteroatoms. The van der Waals surface area contributed by atoms with Gasteiger partial charge in [-0.25, -0.2) is 0 Å². The largest absolute Gasteiger partial charge is 0.384 e. The Morgan fingerprint density at radius 2 is 2.23 bits per heavy atom. The number of nitrogens with one attached hydrogen (secondary N) is 1. The Balaban J connectivity index is 2.80. The first-order valence-corrected chi connectivity index (χ1v) is 4.11. The minimum atomic E-state index is -0.215. The summed E-state index contributed by atoms with van der Waals surface area (Å²) >= 11 is 0. The van der Waals surface area contributed by atoms with Crippen LogP contribution in [0.1, 0.15) is 19.7 Å². The van der Waals surface area contributed by atoms with E-state index in [9.17, 15) is 0 Å². The van der Waals surface area contributed by atoms with Crippen molar-refractivity contribution in [1.29, 1.82) is 0 Å². The monoisotopic (exact) mass is 185 g/mol. The van der Waals surface area contributed by atoms with E-state index in [0.717, 1.165) is 0 Å². The Morgan fingerprint density at radius 1 is 1.54 bits per heavy atom. The molecular weight excluding hydrogens is 170 g/mol. The highest BCUT2D eigenvalue weighted by Crippen LogP contribution is 2.21. The number of aromatic nitrogens is 2. The van der Waals surface area contributed by atoms with Gasteiger partial charge in [0.2, 0.25) is 0 Å². The van der Waals surface area contributed by atoms with Crippen LogP contribution in [0.3, 0.4) is 0 Å². The highest BCUT2D eigenvalue weighted by Gasteiger charge is 2.26. The van der Waals surface area contributed by atoms with Crippen molar-refractivity contribution in [2.24, 2.45) is 0 Å². The molecule has 0 aliphatic heterocycles. The standard InChI is InChI=1S/C8H15N3O2/c1-8(2,5-12-4)6-10-7(9-3)13-11-6/h5H2,1-4H3,(H,9,10,11). The van der Waals surface area contributed by atoms with Gasteiger partial charge in [0.05, 0.1) is 12.0 Å². The molecule has 0 aliphatic carbocycles. The third-order valence-electron chi connectivity index (χ3n) is 1.75. The summed E-state index contributed by atoms with van der Waals surface area (Å²) in [6.45, 7) is 4.57. The first-order chi connectivity index (χ1) is 6.10. The predicted octanol–water partition coefficient (Wildman–Crippen LogP) is 1.04. The van der Waals surface area contributed by atoms with E-state index in [0.29, 0.717) is 18.4 Å². The van der Waals surface area contributed by atoms with Crippen molar-refractivity contribution in [2.45, 2.75) is 19.3 Å².